The summed E-state index contributed by atoms with van der Waals surface area (Å²) < 4.78 is 12.5. The highest BCUT2D eigenvalue weighted by atomic mass is 32.1. The first kappa shape index (κ1) is 16.3. The average Bonchev–Trinajstić information content (AvgIpc) is 3.24. The largest absolute Gasteiger partial charge is 0.497 e. The molecule has 2 heterocycles. The van der Waals surface area contributed by atoms with Gasteiger partial charge in [-0.3, -0.25) is 4.79 Å². The van der Waals surface area contributed by atoms with E-state index in [1.165, 1.54) is 11.3 Å². The SMILES string of the molecule is COc1cccc(-c2nc3sc(COc4ccccc4)nn3c2C=O)c1. The average molecular weight is 365 g/mol. The third-order valence-corrected chi connectivity index (χ3v) is 4.72. The molecule has 4 rings (SSSR count). The Labute approximate surface area is 153 Å². The lowest BCUT2D eigenvalue weighted by Crippen LogP contribution is -1.98. The van der Waals surface area contributed by atoms with Gasteiger partial charge in [0.2, 0.25) is 4.96 Å². The van der Waals surface area contributed by atoms with E-state index in [0.717, 1.165) is 22.6 Å². The molecule has 130 valence electrons. The molecule has 6 nitrogen and oxygen atoms in total. The zero-order valence-electron chi connectivity index (χ0n) is 14.0. The van der Waals surface area contributed by atoms with Gasteiger partial charge in [-0.05, 0) is 24.3 Å². The summed E-state index contributed by atoms with van der Waals surface area (Å²) in [7, 11) is 1.60. The van der Waals surface area contributed by atoms with Crippen molar-refractivity contribution in [3.05, 3.63) is 65.3 Å². The lowest BCUT2D eigenvalue weighted by molar-refractivity contribution is 0.111. The number of fused-ring (bicyclic) bond motifs is 1. The van der Waals surface area contributed by atoms with Gasteiger partial charge in [0.05, 0.1) is 7.11 Å². The third kappa shape index (κ3) is 3.04. The summed E-state index contributed by atoms with van der Waals surface area (Å²) in [6.45, 7) is 0.324. The summed E-state index contributed by atoms with van der Waals surface area (Å²) in [6.07, 6.45) is 0.774. The number of methoxy groups -OCH3 is 1. The van der Waals surface area contributed by atoms with Crippen molar-refractivity contribution in [1.29, 1.82) is 0 Å². The van der Waals surface area contributed by atoms with Gasteiger partial charge >= 0.3 is 0 Å². The number of para-hydroxylation sites is 1. The van der Waals surface area contributed by atoms with Crippen molar-refractivity contribution in [3.8, 4) is 22.8 Å². The Bertz CT molecular complexity index is 1060. The molecule has 0 spiro atoms. The Morgan fingerprint density at radius 3 is 2.69 bits per heavy atom. The van der Waals surface area contributed by atoms with Crippen molar-refractivity contribution in [2.75, 3.05) is 7.11 Å². The maximum Gasteiger partial charge on any atom is 0.213 e. The zero-order chi connectivity index (χ0) is 17.9. The number of aromatic nitrogens is 3. The highest BCUT2D eigenvalue weighted by molar-refractivity contribution is 7.16. The lowest BCUT2D eigenvalue weighted by Gasteiger charge is -2.03. The number of carbonyl (C=O) groups is 1. The summed E-state index contributed by atoms with van der Waals surface area (Å²) in [4.78, 5) is 16.9. The predicted molar refractivity (Wildman–Crippen MR) is 99.0 cm³/mol. The Hall–Kier alpha value is -3.19. The van der Waals surface area contributed by atoms with Crippen molar-refractivity contribution in [2.24, 2.45) is 0 Å². The summed E-state index contributed by atoms with van der Waals surface area (Å²) in [6, 6.07) is 17.0. The Kier molecular flexibility index (Phi) is 4.37. The number of nitrogens with zero attached hydrogens (tertiary/aromatic N) is 3. The first-order valence-corrected chi connectivity index (χ1v) is 8.76. The van der Waals surface area contributed by atoms with Crippen LogP contribution in [0.3, 0.4) is 0 Å². The van der Waals surface area contributed by atoms with Gasteiger partial charge in [0.1, 0.15) is 29.5 Å². The molecule has 0 atom stereocenters. The Balaban J connectivity index is 1.65. The molecule has 2 aromatic carbocycles. The number of benzene rings is 2. The minimum atomic E-state index is 0.324. The molecule has 2 aromatic heterocycles. The molecular formula is C19H15N3O3S. The van der Waals surface area contributed by atoms with E-state index in [4.69, 9.17) is 9.47 Å². The van der Waals surface area contributed by atoms with Crippen LogP contribution in [-0.4, -0.2) is 28.0 Å². The molecule has 0 aliphatic rings. The third-order valence-electron chi connectivity index (χ3n) is 3.84. The van der Waals surface area contributed by atoms with E-state index < -0.39 is 0 Å². The lowest BCUT2D eigenvalue weighted by atomic mass is 10.1. The van der Waals surface area contributed by atoms with Crippen LogP contribution in [0.1, 0.15) is 15.5 Å². The normalized spacial score (nSPS) is 10.8. The van der Waals surface area contributed by atoms with Crippen LogP contribution in [0.15, 0.2) is 54.6 Å². The smallest absolute Gasteiger partial charge is 0.213 e. The van der Waals surface area contributed by atoms with E-state index in [2.05, 4.69) is 10.1 Å². The van der Waals surface area contributed by atoms with Crippen LogP contribution in [0.4, 0.5) is 0 Å². The van der Waals surface area contributed by atoms with Crippen LogP contribution in [-0.2, 0) is 6.61 Å². The molecule has 0 aliphatic carbocycles. The molecule has 0 amide bonds. The van der Waals surface area contributed by atoms with E-state index >= 15 is 0 Å². The number of hydrogen-bond donors (Lipinski definition) is 0. The van der Waals surface area contributed by atoms with E-state index in [1.807, 2.05) is 54.6 Å². The van der Waals surface area contributed by atoms with E-state index in [9.17, 15) is 4.79 Å². The summed E-state index contributed by atoms with van der Waals surface area (Å²) in [5, 5.41) is 5.22. The summed E-state index contributed by atoms with van der Waals surface area (Å²) in [5.74, 6) is 1.48. The van der Waals surface area contributed by atoms with Gasteiger partial charge in [0.25, 0.3) is 0 Å². The van der Waals surface area contributed by atoms with Gasteiger partial charge in [-0.15, -0.1) is 0 Å². The number of imidazole rings is 1. The number of hydrogen-bond acceptors (Lipinski definition) is 6. The van der Waals surface area contributed by atoms with Crippen LogP contribution < -0.4 is 9.47 Å². The first-order valence-electron chi connectivity index (χ1n) is 7.94. The molecule has 0 saturated heterocycles. The monoisotopic (exact) mass is 365 g/mol. The fraction of sp³-hybridized carbons (Fsp3) is 0.105. The van der Waals surface area contributed by atoms with Crippen LogP contribution in [0.5, 0.6) is 11.5 Å². The molecule has 26 heavy (non-hydrogen) atoms. The van der Waals surface area contributed by atoms with Crippen molar-refractivity contribution in [2.45, 2.75) is 6.61 Å². The fourth-order valence-corrected chi connectivity index (χ4v) is 3.43. The molecular weight excluding hydrogens is 350 g/mol. The van der Waals surface area contributed by atoms with Gasteiger partial charge in [0.15, 0.2) is 11.3 Å². The van der Waals surface area contributed by atoms with Gasteiger partial charge in [0, 0.05) is 5.56 Å². The highest BCUT2D eigenvalue weighted by Gasteiger charge is 2.18. The molecule has 4 aromatic rings. The quantitative estimate of drug-likeness (QED) is 0.486. The van der Waals surface area contributed by atoms with E-state index in [0.29, 0.717) is 28.7 Å². The zero-order valence-corrected chi connectivity index (χ0v) is 14.8. The number of rotatable bonds is 6. The maximum absolute atomic E-state index is 11.7. The predicted octanol–water partition coefficient (Wildman–Crippen LogP) is 3.86. The van der Waals surface area contributed by atoms with Gasteiger partial charge in [-0.1, -0.05) is 41.7 Å². The molecule has 0 fully saturated rings. The molecule has 0 unspecified atom stereocenters. The van der Waals surface area contributed by atoms with E-state index in [-0.39, 0.29) is 0 Å². The van der Waals surface area contributed by atoms with Gasteiger partial charge in [-0.2, -0.15) is 9.61 Å². The van der Waals surface area contributed by atoms with E-state index in [1.54, 1.807) is 11.6 Å². The minimum absolute atomic E-state index is 0.324. The number of aldehydes is 1. The van der Waals surface area contributed by atoms with Crippen molar-refractivity contribution < 1.29 is 14.3 Å². The first-order chi connectivity index (χ1) is 12.8. The molecule has 7 heteroatoms. The van der Waals surface area contributed by atoms with Crippen LogP contribution >= 0.6 is 11.3 Å². The second-order valence-corrected chi connectivity index (χ2v) is 6.53. The second kappa shape index (κ2) is 6.97. The molecule has 0 saturated carbocycles. The van der Waals surface area contributed by atoms with Crippen LogP contribution in [0.2, 0.25) is 0 Å². The van der Waals surface area contributed by atoms with Crippen molar-refractivity contribution >= 4 is 22.6 Å². The standard InChI is InChI=1S/C19H15N3O3S/c1-24-15-9-5-6-13(10-15)18-16(11-23)22-19(20-18)26-17(21-22)12-25-14-7-3-2-4-8-14/h2-11H,12H2,1H3. The minimum Gasteiger partial charge on any atom is -0.497 e. The maximum atomic E-state index is 11.7. The van der Waals surface area contributed by atoms with Crippen LogP contribution in [0, 0.1) is 0 Å². The molecule has 0 bridgehead atoms. The molecule has 0 radical (unpaired) electrons. The molecule has 0 N–H and O–H groups in total. The Morgan fingerprint density at radius 2 is 1.92 bits per heavy atom. The second-order valence-electron chi connectivity index (χ2n) is 5.49. The van der Waals surface area contributed by atoms with Gasteiger partial charge in [-0.25, -0.2) is 4.98 Å². The van der Waals surface area contributed by atoms with Crippen molar-refractivity contribution in [1.82, 2.24) is 14.6 Å². The highest BCUT2D eigenvalue weighted by Crippen LogP contribution is 2.28. The fourth-order valence-electron chi connectivity index (χ4n) is 2.61. The van der Waals surface area contributed by atoms with Crippen molar-refractivity contribution in [3.63, 3.8) is 0 Å². The number of carbonyl (C=O) groups excluding carboxylic acids is 1. The van der Waals surface area contributed by atoms with Crippen LogP contribution in [0.25, 0.3) is 16.2 Å². The molecule has 0 aliphatic heterocycles. The van der Waals surface area contributed by atoms with Gasteiger partial charge < -0.3 is 9.47 Å². The Morgan fingerprint density at radius 1 is 1.12 bits per heavy atom. The summed E-state index contributed by atoms with van der Waals surface area (Å²) >= 11 is 1.40. The number of ether oxygens (including phenoxy) is 2. The topological polar surface area (TPSA) is 65.7 Å². The summed E-state index contributed by atoms with van der Waals surface area (Å²) in [5.41, 5.74) is 1.81.